The number of alkyl halides is 3. The minimum atomic E-state index is -5.08. The Bertz CT molecular complexity index is 1690. The van der Waals surface area contributed by atoms with Gasteiger partial charge in [-0.2, -0.15) is 23.1 Å². The number of nitrogens with zero attached hydrogens (tertiary/aromatic N) is 5. The minimum absolute atomic E-state index is 0.0129. The Hall–Kier alpha value is -4.84. The maximum absolute atomic E-state index is 12.2. The van der Waals surface area contributed by atoms with Gasteiger partial charge in [-0.05, 0) is 17.5 Å². The number of rotatable bonds is 9. The van der Waals surface area contributed by atoms with E-state index in [-0.39, 0.29) is 17.8 Å². The van der Waals surface area contributed by atoms with E-state index in [9.17, 15) is 33.3 Å². The summed E-state index contributed by atoms with van der Waals surface area (Å²) in [6.45, 7) is 1.02. The number of aliphatic carboxylic acids is 1. The van der Waals surface area contributed by atoms with E-state index >= 15 is 0 Å². The summed E-state index contributed by atoms with van der Waals surface area (Å²) >= 11 is 0. The summed E-state index contributed by atoms with van der Waals surface area (Å²) < 4.78 is 44.0. The highest BCUT2D eigenvalue weighted by molar-refractivity contribution is 5.85. The quantitative estimate of drug-likeness (QED) is 0.161. The highest BCUT2D eigenvalue weighted by atomic mass is 19.4. The molecule has 0 saturated carbocycles. The van der Waals surface area contributed by atoms with Crippen LogP contribution in [0, 0.1) is 5.92 Å². The standard InChI is InChI=1S/C30H34N6O6.C2HF3O2/c1-41-29(40)20-12-13-35(15-20)30-33-26(31-14-21(18-8-4-2-5-9-18)19-10-6-3-7-11-19)23-27(34-30)36(17-32-23)28-25(39)24(38)22(16-37)42-28;3-2(4,5)1(6)7/h2-11,17,20-22,24-25,28,37-39H,12-16H2,1H3,(H,31,33,34);(H,6,7)/t20?,22-,24-,25-,28-;/m1./s1. The highest BCUT2D eigenvalue weighted by Crippen LogP contribution is 2.34. The number of esters is 1. The number of carbonyl (C=O) groups excluding carboxylic acids is 1. The summed E-state index contributed by atoms with van der Waals surface area (Å²) in [5.41, 5.74) is 3.12. The number of carbonyl (C=O) groups is 2. The molecule has 5 N–H and O–H groups in total. The molecular weight excluding hydrogens is 653 g/mol. The van der Waals surface area contributed by atoms with E-state index in [1.54, 1.807) is 4.57 Å². The summed E-state index contributed by atoms with van der Waals surface area (Å²) in [4.78, 5) is 37.2. The molecule has 1 unspecified atom stereocenters. The monoisotopic (exact) mass is 688 g/mol. The number of hydrogen-bond acceptors (Lipinski definition) is 12. The third-order valence-corrected chi connectivity index (χ3v) is 8.33. The fourth-order valence-electron chi connectivity index (χ4n) is 5.76. The molecule has 2 aliphatic heterocycles. The van der Waals surface area contributed by atoms with E-state index in [0.29, 0.717) is 49.0 Å². The van der Waals surface area contributed by atoms with Crippen molar-refractivity contribution < 1.29 is 52.7 Å². The zero-order valence-corrected chi connectivity index (χ0v) is 26.1. The third-order valence-electron chi connectivity index (χ3n) is 8.33. The van der Waals surface area contributed by atoms with Gasteiger partial charge in [-0.25, -0.2) is 9.78 Å². The number of methoxy groups -OCH3 is 1. The first-order valence-corrected chi connectivity index (χ1v) is 15.3. The summed E-state index contributed by atoms with van der Waals surface area (Å²) in [7, 11) is 1.38. The summed E-state index contributed by atoms with van der Waals surface area (Å²) in [5, 5.41) is 41.4. The van der Waals surface area contributed by atoms with Gasteiger partial charge in [-0.3, -0.25) is 9.36 Å². The molecule has 17 heteroatoms. The lowest BCUT2D eigenvalue weighted by Gasteiger charge is -2.22. The molecule has 0 spiro atoms. The van der Waals surface area contributed by atoms with Gasteiger partial charge in [0.05, 0.1) is 26.0 Å². The summed E-state index contributed by atoms with van der Waals surface area (Å²) in [6, 6.07) is 20.4. The Morgan fingerprint density at radius 1 is 1.04 bits per heavy atom. The number of benzene rings is 2. The third kappa shape index (κ3) is 7.91. The molecule has 0 amide bonds. The molecule has 2 aromatic carbocycles. The van der Waals surface area contributed by atoms with E-state index in [2.05, 4.69) is 34.6 Å². The van der Waals surface area contributed by atoms with Crippen molar-refractivity contribution in [3.05, 3.63) is 78.1 Å². The molecule has 262 valence electrons. The predicted molar refractivity (Wildman–Crippen MR) is 168 cm³/mol. The summed E-state index contributed by atoms with van der Waals surface area (Å²) in [6.07, 6.45) is -7.52. The Kier molecular flexibility index (Phi) is 11.0. The number of hydrogen-bond donors (Lipinski definition) is 5. The number of fused-ring (bicyclic) bond motifs is 1. The number of imidazole rings is 1. The molecule has 4 heterocycles. The number of nitrogens with one attached hydrogen (secondary N) is 1. The predicted octanol–water partition coefficient (Wildman–Crippen LogP) is 2.31. The molecule has 2 saturated heterocycles. The highest BCUT2D eigenvalue weighted by Gasteiger charge is 2.44. The molecule has 0 bridgehead atoms. The lowest BCUT2D eigenvalue weighted by atomic mass is 9.91. The van der Waals surface area contributed by atoms with Crippen LogP contribution in [-0.2, 0) is 19.1 Å². The Morgan fingerprint density at radius 3 is 2.18 bits per heavy atom. The van der Waals surface area contributed by atoms with Crippen LogP contribution in [0.2, 0.25) is 0 Å². The van der Waals surface area contributed by atoms with Crippen LogP contribution >= 0.6 is 0 Å². The molecule has 6 rings (SSSR count). The molecule has 0 aliphatic carbocycles. The number of halogens is 3. The van der Waals surface area contributed by atoms with Gasteiger partial charge in [0.25, 0.3) is 0 Å². The molecule has 49 heavy (non-hydrogen) atoms. The van der Waals surface area contributed by atoms with Gasteiger partial charge < -0.3 is 40.1 Å². The molecule has 14 nitrogen and oxygen atoms in total. The van der Waals surface area contributed by atoms with Crippen molar-refractivity contribution in [2.45, 2.75) is 43.1 Å². The normalized spacial score (nSPS) is 22.2. The second-order valence-corrected chi connectivity index (χ2v) is 11.4. The molecule has 2 aliphatic rings. The van der Waals surface area contributed by atoms with Crippen LogP contribution in [-0.4, -0.2) is 110 Å². The van der Waals surface area contributed by atoms with Crippen molar-refractivity contribution in [2.24, 2.45) is 5.92 Å². The van der Waals surface area contributed by atoms with Crippen molar-refractivity contribution in [3.63, 3.8) is 0 Å². The number of ether oxygens (including phenoxy) is 2. The maximum Gasteiger partial charge on any atom is 0.490 e. The van der Waals surface area contributed by atoms with Gasteiger partial charge in [0, 0.05) is 25.6 Å². The van der Waals surface area contributed by atoms with E-state index in [4.69, 9.17) is 29.3 Å². The van der Waals surface area contributed by atoms with Crippen LogP contribution in [0.1, 0.15) is 29.7 Å². The average molecular weight is 689 g/mol. The zero-order chi connectivity index (χ0) is 35.3. The zero-order valence-electron chi connectivity index (χ0n) is 26.1. The number of aromatic nitrogens is 4. The SMILES string of the molecule is COC(=O)C1CCN(c2nc(NCC(c3ccccc3)c3ccccc3)c3ncn([C@@H]4O[C@H](CO)[C@@H](O)[C@H]4O)c3n2)C1.O=C(O)C(F)(F)F. The van der Waals surface area contributed by atoms with E-state index in [0.717, 1.165) is 11.1 Å². The molecule has 2 aromatic heterocycles. The molecule has 4 aromatic rings. The van der Waals surface area contributed by atoms with Crippen LogP contribution in [0.5, 0.6) is 0 Å². The number of carboxylic acid groups (broad SMARTS) is 1. The maximum atomic E-state index is 12.2. The molecule has 5 atom stereocenters. The van der Waals surface area contributed by atoms with Gasteiger partial charge in [0.15, 0.2) is 23.2 Å². The first-order chi connectivity index (χ1) is 23.4. The van der Waals surface area contributed by atoms with Gasteiger partial charge in [0.2, 0.25) is 5.95 Å². The lowest BCUT2D eigenvalue weighted by molar-refractivity contribution is -0.192. The van der Waals surface area contributed by atoms with Gasteiger partial charge in [-0.1, -0.05) is 60.7 Å². The first kappa shape index (κ1) is 35.5. The topological polar surface area (TPSA) is 192 Å². The number of aliphatic hydroxyl groups excluding tert-OH is 3. The van der Waals surface area contributed by atoms with Crippen molar-refractivity contribution in [1.82, 2.24) is 19.5 Å². The van der Waals surface area contributed by atoms with Crippen LogP contribution in [0.15, 0.2) is 67.0 Å². The second-order valence-electron chi connectivity index (χ2n) is 11.4. The Morgan fingerprint density at radius 2 is 1.65 bits per heavy atom. The van der Waals surface area contributed by atoms with Crippen LogP contribution in [0.25, 0.3) is 11.2 Å². The largest absolute Gasteiger partial charge is 0.490 e. The van der Waals surface area contributed by atoms with Gasteiger partial charge in [0.1, 0.15) is 18.3 Å². The van der Waals surface area contributed by atoms with Crippen LogP contribution < -0.4 is 10.2 Å². The van der Waals surface area contributed by atoms with E-state index in [1.165, 1.54) is 13.4 Å². The number of carboxylic acids is 1. The van der Waals surface area contributed by atoms with Gasteiger partial charge in [-0.15, -0.1) is 0 Å². The molecular formula is C32H35F3N6O8. The minimum Gasteiger partial charge on any atom is -0.475 e. The summed E-state index contributed by atoms with van der Waals surface area (Å²) in [5.74, 6) is -2.44. The fraction of sp³-hybridized carbons (Fsp3) is 0.406. The van der Waals surface area contributed by atoms with E-state index in [1.807, 2.05) is 41.3 Å². The van der Waals surface area contributed by atoms with E-state index < -0.39 is 43.3 Å². The first-order valence-electron chi connectivity index (χ1n) is 15.3. The van der Waals surface area contributed by atoms with Crippen molar-refractivity contribution >= 4 is 34.9 Å². The molecule has 2 fully saturated rings. The van der Waals surface area contributed by atoms with Crippen molar-refractivity contribution in [3.8, 4) is 0 Å². The molecule has 0 radical (unpaired) electrons. The Balaban J connectivity index is 0.000000606. The van der Waals surface area contributed by atoms with Crippen molar-refractivity contribution in [2.75, 3.05) is 43.6 Å². The smallest absolute Gasteiger partial charge is 0.475 e. The van der Waals surface area contributed by atoms with Crippen LogP contribution in [0.4, 0.5) is 24.9 Å². The van der Waals surface area contributed by atoms with Crippen LogP contribution in [0.3, 0.4) is 0 Å². The average Bonchev–Trinajstić information content (AvgIpc) is 3.83. The van der Waals surface area contributed by atoms with Crippen molar-refractivity contribution in [1.29, 1.82) is 0 Å². The lowest BCUT2D eigenvalue weighted by Crippen LogP contribution is -2.33. The van der Waals surface area contributed by atoms with Gasteiger partial charge >= 0.3 is 18.1 Å². The second kappa shape index (κ2) is 15.1. The number of anilines is 2. The number of aliphatic hydroxyl groups is 3. The Labute approximate surface area is 277 Å². The fourth-order valence-corrected chi connectivity index (χ4v) is 5.76.